The van der Waals surface area contributed by atoms with Gasteiger partial charge in [0.1, 0.15) is 0 Å². The summed E-state index contributed by atoms with van der Waals surface area (Å²) in [4.78, 5) is 23.4. The van der Waals surface area contributed by atoms with Crippen LogP contribution in [-0.2, 0) is 14.3 Å². The van der Waals surface area contributed by atoms with E-state index in [4.69, 9.17) is 16.3 Å². The molecule has 5 atom stereocenters. The van der Waals surface area contributed by atoms with Gasteiger partial charge in [-0.3, -0.25) is 9.59 Å². The SMILES string of the molecule is O=C1OC(=O)C2CCC(Cl)C3CCCC1C23. The van der Waals surface area contributed by atoms with E-state index in [1.807, 2.05) is 0 Å². The van der Waals surface area contributed by atoms with Gasteiger partial charge in [0.15, 0.2) is 0 Å². The number of alkyl halides is 1. The molecule has 2 aliphatic carbocycles. The monoisotopic (exact) mass is 242 g/mol. The van der Waals surface area contributed by atoms with Gasteiger partial charge >= 0.3 is 11.9 Å². The second-order valence-corrected chi connectivity index (χ2v) is 5.78. The van der Waals surface area contributed by atoms with Gasteiger partial charge in [-0.25, -0.2) is 0 Å². The van der Waals surface area contributed by atoms with E-state index in [1.54, 1.807) is 0 Å². The lowest BCUT2D eigenvalue weighted by molar-refractivity contribution is -0.183. The number of halogens is 1. The summed E-state index contributed by atoms with van der Waals surface area (Å²) < 4.78 is 4.86. The first-order valence-corrected chi connectivity index (χ1v) is 6.51. The molecule has 5 unspecified atom stereocenters. The molecule has 0 aromatic heterocycles. The zero-order valence-corrected chi connectivity index (χ0v) is 9.78. The number of carbonyl (C=O) groups excluding carboxylic acids is 2. The van der Waals surface area contributed by atoms with Gasteiger partial charge in [-0.05, 0) is 37.5 Å². The topological polar surface area (TPSA) is 43.4 Å². The normalized spacial score (nSPS) is 47.2. The molecule has 0 amide bonds. The van der Waals surface area contributed by atoms with Crippen LogP contribution in [0.2, 0.25) is 0 Å². The number of esters is 2. The molecule has 3 nitrogen and oxygen atoms in total. The molecule has 0 aromatic rings. The molecule has 3 aliphatic rings. The van der Waals surface area contributed by atoms with Gasteiger partial charge in [0, 0.05) is 5.38 Å². The summed E-state index contributed by atoms with van der Waals surface area (Å²) in [5.74, 6) is -0.232. The molecule has 88 valence electrons. The van der Waals surface area contributed by atoms with Crippen molar-refractivity contribution in [2.24, 2.45) is 23.7 Å². The van der Waals surface area contributed by atoms with E-state index in [2.05, 4.69) is 0 Å². The fourth-order valence-electron chi connectivity index (χ4n) is 3.80. The second-order valence-electron chi connectivity index (χ2n) is 5.22. The number of ether oxygens (including phenoxy) is 1. The zero-order chi connectivity index (χ0) is 11.3. The van der Waals surface area contributed by atoms with Crippen LogP contribution in [0.4, 0.5) is 0 Å². The summed E-state index contributed by atoms with van der Waals surface area (Å²) >= 11 is 6.33. The average molecular weight is 243 g/mol. The Morgan fingerprint density at radius 2 is 1.69 bits per heavy atom. The van der Waals surface area contributed by atoms with Crippen molar-refractivity contribution in [2.75, 3.05) is 0 Å². The van der Waals surface area contributed by atoms with Crippen LogP contribution in [0.25, 0.3) is 0 Å². The molecule has 4 heteroatoms. The van der Waals surface area contributed by atoms with Crippen molar-refractivity contribution in [3.63, 3.8) is 0 Å². The molecule has 3 fully saturated rings. The van der Waals surface area contributed by atoms with Crippen LogP contribution in [0.5, 0.6) is 0 Å². The molecular formula is C12H15ClO3. The molecule has 2 saturated carbocycles. The van der Waals surface area contributed by atoms with Crippen LogP contribution >= 0.6 is 11.6 Å². The van der Waals surface area contributed by atoms with Crippen molar-refractivity contribution in [1.29, 1.82) is 0 Å². The number of cyclic esters (lactones) is 2. The van der Waals surface area contributed by atoms with E-state index in [1.165, 1.54) is 0 Å². The van der Waals surface area contributed by atoms with Crippen LogP contribution in [0.3, 0.4) is 0 Å². The van der Waals surface area contributed by atoms with Crippen LogP contribution in [0.15, 0.2) is 0 Å². The third kappa shape index (κ3) is 1.41. The van der Waals surface area contributed by atoms with Gasteiger partial charge in [0.25, 0.3) is 0 Å². The van der Waals surface area contributed by atoms with Crippen LogP contribution < -0.4 is 0 Å². The predicted octanol–water partition coefficient (Wildman–Crippen LogP) is 2.12. The van der Waals surface area contributed by atoms with Crippen LogP contribution in [0.1, 0.15) is 32.1 Å². The Balaban J connectivity index is 1.95. The highest BCUT2D eigenvalue weighted by Crippen LogP contribution is 2.51. The summed E-state index contributed by atoms with van der Waals surface area (Å²) in [5.41, 5.74) is 0. The fourth-order valence-corrected chi connectivity index (χ4v) is 4.22. The Morgan fingerprint density at radius 1 is 1.00 bits per heavy atom. The van der Waals surface area contributed by atoms with Gasteiger partial charge in [0.05, 0.1) is 11.8 Å². The summed E-state index contributed by atoms with van der Waals surface area (Å²) in [5, 5.41) is 0.141. The third-order valence-electron chi connectivity index (χ3n) is 4.50. The first-order chi connectivity index (χ1) is 7.68. The maximum atomic E-state index is 11.7. The lowest BCUT2D eigenvalue weighted by Crippen LogP contribution is -2.52. The molecule has 0 aromatic carbocycles. The highest BCUT2D eigenvalue weighted by atomic mass is 35.5. The predicted molar refractivity (Wildman–Crippen MR) is 57.8 cm³/mol. The maximum Gasteiger partial charge on any atom is 0.316 e. The van der Waals surface area contributed by atoms with Gasteiger partial charge in [-0.2, -0.15) is 0 Å². The van der Waals surface area contributed by atoms with Crippen molar-refractivity contribution >= 4 is 23.5 Å². The van der Waals surface area contributed by atoms with Gasteiger partial charge in [-0.15, -0.1) is 11.6 Å². The number of rotatable bonds is 0. The molecule has 16 heavy (non-hydrogen) atoms. The average Bonchev–Trinajstić information content (AvgIpc) is 2.27. The fraction of sp³-hybridized carbons (Fsp3) is 0.833. The first kappa shape index (κ1) is 10.6. The molecule has 1 aliphatic heterocycles. The van der Waals surface area contributed by atoms with Crippen molar-refractivity contribution < 1.29 is 14.3 Å². The first-order valence-electron chi connectivity index (χ1n) is 6.08. The summed E-state index contributed by atoms with van der Waals surface area (Å²) in [6, 6.07) is 0. The van der Waals surface area contributed by atoms with E-state index in [-0.39, 0.29) is 35.1 Å². The third-order valence-corrected chi connectivity index (χ3v) is 5.04. The molecule has 3 rings (SSSR count). The highest BCUT2D eigenvalue weighted by molar-refractivity contribution is 6.21. The smallest absolute Gasteiger partial charge is 0.316 e. The quantitative estimate of drug-likeness (QED) is 0.371. The minimum Gasteiger partial charge on any atom is -0.393 e. The summed E-state index contributed by atoms with van der Waals surface area (Å²) in [6.07, 6.45) is 4.63. The van der Waals surface area contributed by atoms with Crippen molar-refractivity contribution in [3.05, 3.63) is 0 Å². The number of hydrogen-bond acceptors (Lipinski definition) is 3. The van der Waals surface area contributed by atoms with E-state index in [9.17, 15) is 9.59 Å². The Morgan fingerprint density at radius 3 is 2.44 bits per heavy atom. The van der Waals surface area contributed by atoms with E-state index < -0.39 is 0 Å². The van der Waals surface area contributed by atoms with E-state index in [0.717, 1.165) is 32.1 Å². The standard InChI is InChI=1S/C12H15ClO3/c13-9-5-4-8-10-6(9)2-1-3-7(10)11(14)16-12(8)15/h6-10H,1-5H2. The maximum absolute atomic E-state index is 11.7. The van der Waals surface area contributed by atoms with Crippen molar-refractivity contribution in [1.82, 2.24) is 0 Å². The Hall–Kier alpha value is -0.570. The highest BCUT2D eigenvalue weighted by Gasteiger charge is 2.53. The number of carbonyl (C=O) groups is 2. The van der Waals surface area contributed by atoms with Gasteiger partial charge in [-0.1, -0.05) is 6.42 Å². The summed E-state index contributed by atoms with van der Waals surface area (Å²) in [7, 11) is 0. The molecule has 0 radical (unpaired) electrons. The summed E-state index contributed by atoms with van der Waals surface area (Å²) in [6.45, 7) is 0. The van der Waals surface area contributed by atoms with Gasteiger partial charge in [0.2, 0.25) is 0 Å². The molecule has 0 bridgehead atoms. The molecule has 0 N–H and O–H groups in total. The molecule has 1 saturated heterocycles. The lowest BCUT2D eigenvalue weighted by Gasteiger charge is -2.48. The zero-order valence-electron chi connectivity index (χ0n) is 9.02. The Bertz CT molecular complexity index is 325. The van der Waals surface area contributed by atoms with E-state index >= 15 is 0 Å². The molecule has 1 heterocycles. The van der Waals surface area contributed by atoms with Crippen molar-refractivity contribution in [2.45, 2.75) is 37.5 Å². The Labute approximate surface area is 99.5 Å². The van der Waals surface area contributed by atoms with Crippen molar-refractivity contribution in [3.8, 4) is 0 Å². The minimum atomic E-state index is -0.304. The van der Waals surface area contributed by atoms with Gasteiger partial charge < -0.3 is 4.74 Å². The minimum absolute atomic E-state index is 0.0667. The molecular weight excluding hydrogens is 228 g/mol. The lowest BCUT2D eigenvalue weighted by atomic mass is 9.60. The largest absolute Gasteiger partial charge is 0.393 e. The molecule has 0 spiro atoms. The number of hydrogen-bond donors (Lipinski definition) is 0. The second kappa shape index (κ2) is 3.73. The van der Waals surface area contributed by atoms with Crippen LogP contribution in [0, 0.1) is 23.7 Å². The van der Waals surface area contributed by atoms with E-state index in [0.29, 0.717) is 5.92 Å². The van der Waals surface area contributed by atoms with Crippen LogP contribution in [-0.4, -0.2) is 17.3 Å². The Kier molecular flexibility index (Phi) is 2.46.